The van der Waals surface area contributed by atoms with E-state index < -0.39 is 0 Å². The predicted molar refractivity (Wildman–Crippen MR) is 80.5 cm³/mol. The van der Waals surface area contributed by atoms with Crippen LogP contribution in [0.4, 0.5) is 0 Å². The molecule has 1 aromatic heterocycles. The van der Waals surface area contributed by atoms with Crippen LogP contribution in [0.2, 0.25) is 0 Å². The normalized spacial score (nSPS) is 10.9. The van der Waals surface area contributed by atoms with Gasteiger partial charge in [0.2, 0.25) is 0 Å². The van der Waals surface area contributed by atoms with E-state index in [4.69, 9.17) is 4.74 Å². The van der Waals surface area contributed by atoms with Crippen molar-refractivity contribution in [2.75, 3.05) is 6.61 Å². The fourth-order valence-corrected chi connectivity index (χ4v) is 1.85. The first-order chi connectivity index (χ1) is 9.22. The molecule has 0 saturated carbocycles. The van der Waals surface area contributed by atoms with E-state index in [0.29, 0.717) is 6.04 Å². The summed E-state index contributed by atoms with van der Waals surface area (Å²) in [6.45, 7) is 8.11. The Hall–Kier alpha value is -1.09. The highest BCUT2D eigenvalue weighted by Crippen LogP contribution is 2.12. The van der Waals surface area contributed by atoms with Crippen LogP contribution in [0.3, 0.4) is 0 Å². The van der Waals surface area contributed by atoms with Gasteiger partial charge in [0.05, 0.1) is 12.3 Å². The molecule has 1 N–H and O–H groups in total. The average molecular weight is 264 g/mol. The molecule has 0 aliphatic heterocycles. The van der Waals surface area contributed by atoms with Gasteiger partial charge in [0.15, 0.2) is 0 Å². The standard InChI is InChI=1S/C16H28N2O/c1-4-5-6-7-8-11-19-16-9-10-17-15(12-16)13-18-14(2)3/h9-10,12,14,18H,4-8,11,13H2,1-3H3. The Balaban J connectivity index is 2.24. The number of ether oxygens (including phenoxy) is 1. The van der Waals surface area contributed by atoms with Crippen molar-refractivity contribution >= 4 is 0 Å². The number of unbranched alkanes of at least 4 members (excludes halogenated alkanes) is 4. The van der Waals surface area contributed by atoms with Gasteiger partial charge in [-0.3, -0.25) is 4.98 Å². The van der Waals surface area contributed by atoms with Gasteiger partial charge in [0.1, 0.15) is 5.75 Å². The molecule has 0 bridgehead atoms. The number of nitrogens with zero attached hydrogens (tertiary/aromatic N) is 1. The minimum atomic E-state index is 0.477. The average Bonchev–Trinajstić information content (AvgIpc) is 2.41. The fourth-order valence-electron chi connectivity index (χ4n) is 1.85. The van der Waals surface area contributed by atoms with E-state index in [1.165, 1.54) is 25.7 Å². The Morgan fingerprint density at radius 3 is 2.74 bits per heavy atom. The third-order valence-electron chi connectivity index (χ3n) is 3.00. The van der Waals surface area contributed by atoms with E-state index in [-0.39, 0.29) is 0 Å². The first-order valence-electron chi connectivity index (χ1n) is 7.53. The van der Waals surface area contributed by atoms with Crippen molar-refractivity contribution in [3.05, 3.63) is 24.0 Å². The quantitative estimate of drug-likeness (QED) is 0.650. The van der Waals surface area contributed by atoms with Gasteiger partial charge in [0, 0.05) is 24.8 Å². The van der Waals surface area contributed by atoms with E-state index in [1.54, 1.807) is 0 Å². The molecule has 108 valence electrons. The maximum absolute atomic E-state index is 5.77. The monoisotopic (exact) mass is 264 g/mol. The van der Waals surface area contributed by atoms with Gasteiger partial charge in [-0.1, -0.05) is 46.5 Å². The maximum Gasteiger partial charge on any atom is 0.122 e. The van der Waals surface area contributed by atoms with Crippen molar-refractivity contribution in [1.29, 1.82) is 0 Å². The molecule has 1 rings (SSSR count). The Morgan fingerprint density at radius 2 is 2.00 bits per heavy atom. The number of aromatic nitrogens is 1. The van der Waals surface area contributed by atoms with Crippen LogP contribution in [0, 0.1) is 0 Å². The van der Waals surface area contributed by atoms with Crippen LogP contribution in [0.15, 0.2) is 18.3 Å². The number of pyridine rings is 1. The second-order valence-corrected chi connectivity index (χ2v) is 5.28. The molecule has 0 fully saturated rings. The van der Waals surface area contributed by atoms with Crippen molar-refractivity contribution in [3.63, 3.8) is 0 Å². The van der Waals surface area contributed by atoms with Crippen LogP contribution < -0.4 is 10.1 Å². The highest BCUT2D eigenvalue weighted by molar-refractivity contribution is 5.22. The van der Waals surface area contributed by atoms with Crippen molar-refractivity contribution in [2.24, 2.45) is 0 Å². The van der Waals surface area contributed by atoms with Gasteiger partial charge in [0.25, 0.3) is 0 Å². The molecule has 19 heavy (non-hydrogen) atoms. The van der Waals surface area contributed by atoms with Crippen LogP contribution in [-0.2, 0) is 6.54 Å². The Kier molecular flexibility index (Phi) is 8.23. The van der Waals surface area contributed by atoms with Crippen LogP contribution in [-0.4, -0.2) is 17.6 Å². The SMILES string of the molecule is CCCCCCCOc1ccnc(CNC(C)C)c1. The zero-order valence-electron chi connectivity index (χ0n) is 12.6. The molecule has 0 aliphatic rings. The molecular formula is C16H28N2O. The lowest BCUT2D eigenvalue weighted by molar-refractivity contribution is 0.304. The van der Waals surface area contributed by atoms with Crippen LogP contribution in [0.25, 0.3) is 0 Å². The molecule has 0 saturated heterocycles. The molecule has 1 aromatic rings. The summed E-state index contributed by atoms with van der Waals surface area (Å²) in [4.78, 5) is 4.34. The minimum absolute atomic E-state index is 0.477. The number of nitrogens with one attached hydrogen (secondary N) is 1. The van der Waals surface area contributed by atoms with E-state index in [1.807, 2.05) is 18.3 Å². The molecular weight excluding hydrogens is 236 g/mol. The minimum Gasteiger partial charge on any atom is -0.493 e. The van der Waals surface area contributed by atoms with E-state index in [2.05, 4.69) is 31.1 Å². The third kappa shape index (κ3) is 7.83. The van der Waals surface area contributed by atoms with E-state index >= 15 is 0 Å². The third-order valence-corrected chi connectivity index (χ3v) is 3.00. The molecule has 0 amide bonds. The fraction of sp³-hybridized carbons (Fsp3) is 0.688. The first kappa shape index (κ1) is 16.0. The number of hydrogen-bond donors (Lipinski definition) is 1. The van der Waals surface area contributed by atoms with Crippen LogP contribution in [0.1, 0.15) is 58.6 Å². The number of hydrogen-bond acceptors (Lipinski definition) is 3. The Morgan fingerprint density at radius 1 is 1.21 bits per heavy atom. The zero-order chi connectivity index (χ0) is 13.9. The van der Waals surface area contributed by atoms with E-state index in [0.717, 1.165) is 31.0 Å². The molecule has 3 nitrogen and oxygen atoms in total. The second-order valence-electron chi connectivity index (χ2n) is 5.28. The largest absolute Gasteiger partial charge is 0.493 e. The topological polar surface area (TPSA) is 34.1 Å². The van der Waals surface area contributed by atoms with Gasteiger partial charge in [-0.05, 0) is 12.5 Å². The molecule has 0 atom stereocenters. The molecule has 0 aliphatic carbocycles. The summed E-state index contributed by atoms with van der Waals surface area (Å²) in [5.41, 5.74) is 1.04. The van der Waals surface area contributed by atoms with Crippen molar-refractivity contribution in [3.8, 4) is 5.75 Å². The molecule has 3 heteroatoms. The van der Waals surface area contributed by atoms with Gasteiger partial charge in [-0.25, -0.2) is 0 Å². The summed E-state index contributed by atoms with van der Waals surface area (Å²) >= 11 is 0. The van der Waals surface area contributed by atoms with Crippen molar-refractivity contribution < 1.29 is 4.74 Å². The highest BCUT2D eigenvalue weighted by Gasteiger charge is 2.00. The predicted octanol–water partition coefficient (Wildman–Crippen LogP) is 3.93. The summed E-state index contributed by atoms with van der Waals surface area (Å²) in [6.07, 6.45) is 8.17. The van der Waals surface area contributed by atoms with Crippen molar-refractivity contribution in [1.82, 2.24) is 10.3 Å². The summed E-state index contributed by atoms with van der Waals surface area (Å²) in [5.74, 6) is 0.936. The molecule has 0 radical (unpaired) electrons. The summed E-state index contributed by atoms with van der Waals surface area (Å²) in [6, 6.07) is 4.44. The van der Waals surface area contributed by atoms with Crippen LogP contribution in [0.5, 0.6) is 5.75 Å². The summed E-state index contributed by atoms with van der Waals surface area (Å²) < 4.78 is 5.77. The highest BCUT2D eigenvalue weighted by atomic mass is 16.5. The second kappa shape index (κ2) is 9.79. The maximum atomic E-state index is 5.77. The van der Waals surface area contributed by atoms with Crippen molar-refractivity contribution in [2.45, 2.75) is 65.5 Å². The first-order valence-corrected chi connectivity index (χ1v) is 7.53. The lowest BCUT2D eigenvalue weighted by Gasteiger charge is -2.09. The molecule has 0 spiro atoms. The van der Waals surface area contributed by atoms with Gasteiger partial charge in [-0.2, -0.15) is 0 Å². The zero-order valence-corrected chi connectivity index (χ0v) is 12.6. The molecule has 0 unspecified atom stereocenters. The lowest BCUT2D eigenvalue weighted by atomic mass is 10.2. The smallest absolute Gasteiger partial charge is 0.122 e. The number of rotatable bonds is 10. The van der Waals surface area contributed by atoms with Gasteiger partial charge >= 0.3 is 0 Å². The summed E-state index contributed by atoms with van der Waals surface area (Å²) in [5, 5.41) is 3.36. The molecule has 1 heterocycles. The Labute approximate surface area is 117 Å². The Bertz CT molecular complexity index is 339. The van der Waals surface area contributed by atoms with Crippen LogP contribution >= 0.6 is 0 Å². The van der Waals surface area contributed by atoms with E-state index in [9.17, 15) is 0 Å². The lowest BCUT2D eigenvalue weighted by Crippen LogP contribution is -2.22. The summed E-state index contributed by atoms with van der Waals surface area (Å²) in [7, 11) is 0. The van der Waals surface area contributed by atoms with Gasteiger partial charge in [-0.15, -0.1) is 0 Å². The van der Waals surface area contributed by atoms with Gasteiger partial charge < -0.3 is 10.1 Å². The molecule has 0 aromatic carbocycles.